The molecule has 4 rings (SSSR count). The largest absolute Gasteiger partial charge is 0.457 e. The molecule has 0 atom stereocenters. The topological polar surface area (TPSA) is 91.0 Å². The second-order valence-corrected chi connectivity index (χ2v) is 12.7. The van der Waals surface area contributed by atoms with Crippen molar-refractivity contribution in [3.05, 3.63) is 54.1 Å². The Kier molecular flexibility index (Phi) is 10.5. The Hall–Kier alpha value is -2.78. The molecule has 1 heterocycles. The Balaban J connectivity index is 1.21. The highest BCUT2D eigenvalue weighted by atomic mass is 32.2. The van der Waals surface area contributed by atoms with Crippen molar-refractivity contribution < 1.29 is 17.9 Å². The molecule has 2 aliphatic rings. The third kappa shape index (κ3) is 9.42. The zero-order valence-corrected chi connectivity index (χ0v) is 24.2. The second kappa shape index (κ2) is 14.0. The van der Waals surface area contributed by atoms with Gasteiger partial charge < -0.3 is 15.0 Å². The van der Waals surface area contributed by atoms with Crippen molar-refractivity contribution in [2.75, 3.05) is 30.6 Å². The van der Waals surface area contributed by atoms with E-state index >= 15 is 0 Å². The molecule has 2 amide bonds. The van der Waals surface area contributed by atoms with Crippen LogP contribution in [0.5, 0.6) is 11.5 Å². The maximum atomic E-state index is 13.2. The van der Waals surface area contributed by atoms with Gasteiger partial charge in [-0.15, -0.1) is 0 Å². The monoisotopic (exact) mass is 556 g/mol. The molecule has 2 aromatic carbocycles. The van der Waals surface area contributed by atoms with E-state index in [0.717, 1.165) is 76.7 Å². The summed E-state index contributed by atoms with van der Waals surface area (Å²) in [6.07, 6.45) is 11.3. The SMILES string of the molecule is CCCCN(C(=O)NC1CCN(Cc2ccc(Oc3ccc(NS(C)(=O)=O)cc3)cc2)CC1)C1CCCCC1. The van der Waals surface area contributed by atoms with E-state index in [1.807, 2.05) is 12.1 Å². The summed E-state index contributed by atoms with van der Waals surface area (Å²) in [5.74, 6) is 1.37. The molecule has 0 unspecified atom stereocenters. The van der Waals surface area contributed by atoms with Crippen LogP contribution in [-0.2, 0) is 16.6 Å². The van der Waals surface area contributed by atoms with Crippen molar-refractivity contribution in [1.82, 2.24) is 15.1 Å². The standard InChI is InChI=1S/C30H44N4O4S/c1-3-4-20-34(27-8-6-5-7-9-27)30(35)31-25-18-21-33(22-19-25)23-24-10-14-28(15-11-24)38-29-16-12-26(13-17-29)32-39(2,36)37/h10-17,25,27,32H,3-9,18-23H2,1-2H3,(H,31,35). The summed E-state index contributed by atoms with van der Waals surface area (Å²) in [5.41, 5.74) is 1.72. The van der Waals surface area contributed by atoms with E-state index < -0.39 is 10.0 Å². The number of amides is 2. The lowest BCUT2D eigenvalue weighted by Gasteiger charge is -2.37. The average molecular weight is 557 g/mol. The van der Waals surface area contributed by atoms with Crippen molar-refractivity contribution in [2.24, 2.45) is 0 Å². The van der Waals surface area contributed by atoms with Crippen LogP contribution in [0.3, 0.4) is 0 Å². The lowest BCUT2D eigenvalue weighted by atomic mass is 9.94. The van der Waals surface area contributed by atoms with Gasteiger partial charge in [-0.1, -0.05) is 44.7 Å². The summed E-state index contributed by atoms with van der Waals surface area (Å²) in [5, 5.41) is 3.36. The number of piperidine rings is 1. The number of nitrogens with zero attached hydrogens (tertiary/aromatic N) is 2. The molecule has 0 spiro atoms. The fourth-order valence-corrected chi connectivity index (χ4v) is 6.09. The first-order chi connectivity index (χ1) is 18.8. The van der Waals surface area contributed by atoms with Crippen LogP contribution in [0.25, 0.3) is 0 Å². The number of likely N-dealkylation sites (tertiary alicyclic amines) is 1. The lowest BCUT2D eigenvalue weighted by Crippen LogP contribution is -2.52. The van der Waals surface area contributed by atoms with Crippen LogP contribution in [-0.4, -0.2) is 62.2 Å². The lowest BCUT2D eigenvalue weighted by molar-refractivity contribution is 0.140. The van der Waals surface area contributed by atoms with E-state index in [1.54, 1.807) is 24.3 Å². The van der Waals surface area contributed by atoms with E-state index in [2.05, 4.69) is 38.9 Å². The predicted octanol–water partition coefficient (Wildman–Crippen LogP) is 5.96. The summed E-state index contributed by atoms with van der Waals surface area (Å²) in [7, 11) is -3.30. The molecule has 39 heavy (non-hydrogen) atoms. The van der Waals surface area contributed by atoms with E-state index in [0.29, 0.717) is 17.5 Å². The molecule has 0 bridgehead atoms. The minimum atomic E-state index is -3.30. The van der Waals surface area contributed by atoms with Crippen LogP contribution < -0.4 is 14.8 Å². The van der Waals surface area contributed by atoms with Gasteiger partial charge >= 0.3 is 6.03 Å². The number of unbranched alkanes of at least 4 members (excludes halogenated alkanes) is 1. The van der Waals surface area contributed by atoms with Crippen LogP contribution in [0.1, 0.15) is 70.3 Å². The van der Waals surface area contributed by atoms with E-state index in [-0.39, 0.29) is 12.1 Å². The van der Waals surface area contributed by atoms with Gasteiger partial charge in [0.2, 0.25) is 10.0 Å². The zero-order valence-electron chi connectivity index (χ0n) is 23.4. The van der Waals surface area contributed by atoms with Crippen molar-refractivity contribution >= 4 is 21.7 Å². The van der Waals surface area contributed by atoms with Crippen LogP contribution in [0, 0.1) is 0 Å². The summed E-state index contributed by atoms with van der Waals surface area (Å²) < 4.78 is 31.1. The number of rotatable bonds is 11. The van der Waals surface area contributed by atoms with Gasteiger partial charge in [-0.25, -0.2) is 13.2 Å². The average Bonchev–Trinajstić information content (AvgIpc) is 2.92. The summed E-state index contributed by atoms with van der Waals surface area (Å²) in [6.45, 7) is 5.87. The highest BCUT2D eigenvalue weighted by Gasteiger charge is 2.28. The van der Waals surface area contributed by atoms with Crippen molar-refractivity contribution in [1.29, 1.82) is 0 Å². The number of hydrogen-bond donors (Lipinski definition) is 2. The predicted molar refractivity (Wildman–Crippen MR) is 157 cm³/mol. The van der Waals surface area contributed by atoms with Crippen molar-refractivity contribution in [2.45, 2.75) is 83.3 Å². The van der Waals surface area contributed by atoms with Crippen LogP contribution >= 0.6 is 0 Å². The molecule has 0 aromatic heterocycles. The summed E-state index contributed by atoms with van der Waals surface area (Å²) in [6, 6.07) is 15.7. The highest BCUT2D eigenvalue weighted by Crippen LogP contribution is 2.25. The Morgan fingerprint density at radius 2 is 1.56 bits per heavy atom. The van der Waals surface area contributed by atoms with Gasteiger partial charge in [0.15, 0.2) is 0 Å². The number of nitrogens with one attached hydrogen (secondary N) is 2. The number of carbonyl (C=O) groups is 1. The molecule has 0 radical (unpaired) electrons. The molecule has 1 saturated heterocycles. The number of ether oxygens (including phenoxy) is 1. The fraction of sp³-hybridized carbons (Fsp3) is 0.567. The number of carbonyl (C=O) groups excluding carboxylic acids is 1. The van der Waals surface area contributed by atoms with Gasteiger partial charge in [-0.05, 0) is 74.1 Å². The molecule has 214 valence electrons. The number of hydrogen-bond acceptors (Lipinski definition) is 5. The number of urea groups is 1. The summed E-state index contributed by atoms with van der Waals surface area (Å²) in [4.78, 5) is 17.8. The number of sulfonamides is 1. The van der Waals surface area contributed by atoms with Gasteiger partial charge in [0.05, 0.1) is 6.26 Å². The molecule has 2 aromatic rings. The highest BCUT2D eigenvalue weighted by molar-refractivity contribution is 7.92. The van der Waals surface area contributed by atoms with Gasteiger partial charge in [0.25, 0.3) is 0 Å². The molecular formula is C30H44N4O4S. The van der Waals surface area contributed by atoms with Crippen molar-refractivity contribution in [3.63, 3.8) is 0 Å². The molecule has 2 fully saturated rings. The Morgan fingerprint density at radius 1 is 0.949 bits per heavy atom. The number of anilines is 1. The number of benzene rings is 2. The second-order valence-electron chi connectivity index (χ2n) is 11.0. The first-order valence-corrected chi connectivity index (χ1v) is 16.3. The molecule has 2 N–H and O–H groups in total. The third-order valence-corrected chi connectivity index (χ3v) is 8.27. The molecular weight excluding hydrogens is 512 g/mol. The molecule has 1 saturated carbocycles. The minimum Gasteiger partial charge on any atom is -0.457 e. The maximum Gasteiger partial charge on any atom is 0.317 e. The molecule has 1 aliphatic heterocycles. The van der Waals surface area contributed by atoms with Gasteiger partial charge in [-0.2, -0.15) is 0 Å². The van der Waals surface area contributed by atoms with Gasteiger partial charge in [-0.3, -0.25) is 9.62 Å². The molecule has 9 heteroatoms. The first-order valence-electron chi connectivity index (χ1n) is 14.4. The first kappa shape index (κ1) is 29.2. The van der Waals surface area contributed by atoms with Gasteiger partial charge in [0, 0.05) is 44.0 Å². The van der Waals surface area contributed by atoms with Crippen LogP contribution in [0.4, 0.5) is 10.5 Å². The van der Waals surface area contributed by atoms with Crippen molar-refractivity contribution in [3.8, 4) is 11.5 Å². The van der Waals surface area contributed by atoms with Crippen LogP contribution in [0.2, 0.25) is 0 Å². The Morgan fingerprint density at radius 3 is 2.15 bits per heavy atom. The Labute approximate surface area is 234 Å². The molecule has 1 aliphatic carbocycles. The maximum absolute atomic E-state index is 13.2. The van der Waals surface area contributed by atoms with Gasteiger partial charge in [0.1, 0.15) is 11.5 Å². The van der Waals surface area contributed by atoms with Crippen LogP contribution in [0.15, 0.2) is 48.5 Å². The fourth-order valence-electron chi connectivity index (χ4n) is 5.53. The van der Waals surface area contributed by atoms with E-state index in [4.69, 9.17) is 4.74 Å². The van der Waals surface area contributed by atoms with E-state index in [1.165, 1.54) is 24.8 Å². The summed E-state index contributed by atoms with van der Waals surface area (Å²) >= 11 is 0. The normalized spacial score (nSPS) is 17.5. The smallest absolute Gasteiger partial charge is 0.317 e. The zero-order chi connectivity index (χ0) is 27.7. The third-order valence-electron chi connectivity index (χ3n) is 7.67. The molecule has 8 nitrogen and oxygen atoms in total. The quantitative estimate of drug-likeness (QED) is 0.356. The Bertz CT molecular complexity index is 1140. The van der Waals surface area contributed by atoms with E-state index in [9.17, 15) is 13.2 Å². The minimum absolute atomic E-state index is 0.144.